The molecule has 1 aliphatic rings. The number of hydrogen-bond acceptors (Lipinski definition) is 10. The maximum atomic E-state index is 11.8. The topological polar surface area (TPSA) is 110 Å². The molecule has 0 unspecified atom stereocenters. The first-order chi connectivity index (χ1) is 16.6. The van der Waals surface area contributed by atoms with Crippen LogP contribution in [-0.4, -0.2) is 58.5 Å². The summed E-state index contributed by atoms with van der Waals surface area (Å²) in [6.45, 7) is 7.67. The van der Waals surface area contributed by atoms with Crippen molar-refractivity contribution in [2.75, 3.05) is 5.75 Å². The lowest BCUT2D eigenvalue weighted by Crippen LogP contribution is -2.55. The Hall–Kier alpha value is -3.27. The summed E-state index contributed by atoms with van der Waals surface area (Å²) in [4.78, 5) is 39.4. The van der Waals surface area contributed by atoms with Gasteiger partial charge in [-0.05, 0) is 37.6 Å². The van der Waals surface area contributed by atoms with Gasteiger partial charge in [0.25, 0.3) is 0 Å². The number of hydrogen-bond donors (Lipinski definition) is 0. The third kappa shape index (κ3) is 7.61. The molecule has 0 amide bonds. The number of pyridine rings is 1. The first-order valence-corrected chi connectivity index (χ1v) is 12.2. The Labute approximate surface area is 208 Å². The molecule has 4 atom stereocenters. The largest absolute Gasteiger partial charge is 0.491 e. The average molecular weight is 504 g/mol. The van der Waals surface area contributed by atoms with Gasteiger partial charge in [-0.15, -0.1) is 11.8 Å². The maximum absolute atomic E-state index is 11.8. The fraction of sp³-hybridized carbons (Fsp3) is 0.440. The summed E-state index contributed by atoms with van der Waals surface area (Å²) in [5.74, 6) is -0.220. The van der Waals surface area contributed by atoms with Crippen molar-refractivity contribution in [3.63, 3.8) is 0 Å². The summed E-state index contributed by atoms with van der Waals surface area (Å²) in [6, 6.07) is 9.44. The van der Waals surface area contributed by atoms with Crippen LogP contribution < -0.4 is 9.47 Å². The molecule has 1 aromatic heterocycles. The number of esters is 3. The molecule has 0 bridgehead atoms. The molecule has 10 heteroatoms. The number of nitrogens with zero attached hydrogens (tertiary/aromatic N) is 1. The van der Waals surface area contributed by atoms with Crippen LogP contribution >= 0.6 is 11.8 Å². The molecular weight excluding hydrogens is 474 g/mol. The molecule has 3 rings (SSSR count). The standard InChI is InChI=1S/C25H29NO8S/c1-14(2)30-20-8-6-18(7-9-20)19-10-21(12-26-11-19)34-25-24(33-17(5)29)23(32-16(4)28)22(13-35-25)31-15(3)27/h6-12,14,22-25H,13H2,1-5H3/t22-,23+,24-,25+/m1/s1. The van der Waals surface area contributed by atoms with Gasteiger partial charge in [-0.1, -0.05) is 12.1 Å². The summed E-state index contributed by atoms with van der Waals surface area (Å²) in [5.41, 5.74) is 1.01. The fourth-order valence-electron chi connectivity index (χ4n) is 3.58. The monoisotopic (exact) mass is 503 g/mol. The predicted molar refractivity (Wildman–Crippen MR) is 129 cm³/mol. The summed E-state index contributed by atoms with van der Waals surface area (Å²) in [7, 11) is 0. The molecule has 2 heterocycles. The van der Waals surface area contributed by atoms with Crippen LogP contribution in [-0.2, 0) is 28.6 Å². The zero-order valence-electron chi connectivity index (χ0n) is 20.3. The maximum Gasteiger partial charge on any atom is 0.303 e. The highest BCUT2D eigenvalue weighted by Gasteiger charge is 2.47. The van der Waals surface area contributed by atoms with Crippen LogP contribution in [0.5, 0.6) is 11.5 Å². The van der Waals surface area contributed by atoms with Crippen LogP contribution in [0.1, 0.15) is 34.6 Å². The van der Waals surface area contributed by atoms with Crippen LogP contribution in [0, 0.1) is 0 Å². The minimum atomic E-state index is -1.02. The van der Waals surface area contributed by atoms with E-state index in [1.807, 2.05) is 44.2 Å². The summed E-state index contributed by atoms with van der Waals surface area (Å²) < 4.78 is 28.0. The van der Waals surface area contributed by atoms with Crippen molar-refractivity contribution >= 4 is 29.7 Å². The molecule has 35 heavy (non-hydrogen) atoms. The molecule has 0 spiro atoms. The van der Waals surface area contributed by atoms with Gasteiger partial charge in [0, 0.05) is 38.3 Å². The second-order valence-corrected chi connectivity index (χ2v) is 9.35. The molecule has 2 aromatic rings. The first-order valence-electron chi connectivity index (χ1n) is 11.1. The molecule has 1 fully saturated rings. The number of aromatic nitrogens is 1. The fourth-order valence-corrected chi connectivity index (χ4v) is 4.80. The Morgan fingerprint density at radius 1 is 0.857 bits per heavy atom. The molecule has 9 nitrogen and oxygen atoms in total. The van der Waals surface area contributed by atoms with E-state index in [1.54, 1.807) is 12.4 Å². The number of benzene rings is 1. The Morgan fingerprint density at radius 3 is 2.09 bits per heavy atom. The van der Waals surface area contributed by atoms with Crippen molar-refractivity contribution in [2.45, 2.75) is 64.5 Å². The van der Waals surface area contributed by atoms with Crippen molar-refractivity contribution in [2.24, 2.45) is 0 Å². The highest BCUT2D eigenvalue weighted by Crippen LogP contribution is 2.35. The molecule has 0 saturated carbocycles. The van der Waals surface area contributed by atoms with Crippen molar-refractivity contribution in [1.29, 1.82) is 0 Å². The van der Waals surface area contributed by atoms with Gasteiger partial charge in [-0.3, -0.25) is 19.4 Å². The highest BCUT2D eigenvalue weighted by atomic mass is 32.2. The molecule has 188 valence electrons. The van der Waals surface area contributed by atoms with E-state index in [2.05, 4.69) is 4.98 Å². The van der Waals surface area contributed by atoms with Crippen LogP contribution in [0.25, 0.3) is 11.1 Å². The Morgan fingerprint density at radius 2 is 1.49 bits per heavy atom. The lowest BCUT2D eigenvalue weighted by Gasteiger charge is -2.39. The zero-order valence-corrected chi connectivity index (χ0v) is 21.1. The summed E-state index contributed by atoms with van der Waals surface area (Å²) >= 11 is 1.29. The van der Waals surface area contributed by atoms with Crippen molar-refractivity contribution in [1.82, 2.24) is 4.98 Å². The van der Waals surface area contributed by atoms with Crippen LogP contribution in [0.2, 0.25) is 0 Å². The van der Waals surface area contributed by atoms with E-state index < -0.39 is 41.7 Å². The van der Waals surface area contributed by atoms with E-state index in [0.29, 0.717) is 5.75 Å². The third-order valence-corrected chi connectivity index (χ3v) is 6.04. The zero-order chi connectivity index (χ0) is 25.5. The van der Waals surface area contributed by atoms with Crippen molar-refractivity contribution in [3.8, 4) is 22.6 Å². The average Bonchev–Trinajstić information content (AvgIpc) is 2.77. The molecule has 1 aromatic carbocycles. The Bertz CT molecular complexity index is 1040. The first kappa shape index (κ1) is 26.3. The molecule has 0 N–H and O–H groups in total. The predicted octanol–water partition coefficient (Wildman–Crippen LogP) is 3.78. The smallest absolute Gasteiger partial charge is 0.303 e. The van der Waals surface area contributed by atoms with Gasteiger partial charge in [0.15, 0.2) is 23.7 Å². The number of carbonyl (C=O) groups is 3. The van der Waals surface area contributed by atoms with Gasteiger partial charge in [0.1, 0.15) is 11.5 Å². The number of rotatable bonds is 8. The summed E-state index contributed by atoms with van der Waals surface area (Å²) in [6.07, 6.45) is 0.521. The lowest BCUT2D eigenvalue weighted by atomic mass is 10.1. The van der Waals surface area contributed by atoms with Crippen LogP contribution in [0.4, 0.5) is 0 Å². The van der Waals surface area contributed by atoms with Gasteiger partial charge in [-0.2, -0.15) is 0 Å². The van der Waals surface area contributed by atoms with Crippen molar-refractivity contribution in [3.05, 3.63) is 42.7 Å². The van der Waals surface area contributed by atoms with Crippen molar-refractivity contribution < 1.29 is 38.1 Å². The molecular formula is C25H29NO8S. The van der Waals surface area contributed by atoms with Crippen LogP contribution in [0.3, 0.4) is 0 Å². The number of ether oxygens (including phenoxy) is 5. The quantitative estimate of drug-likeness (QED) is 0.390. The van der Waals surface area contributed by atoms with Gasteiger partial charge < -0.3 is 23.7 Å². The van der Waals surface area contributed by atoms with E-state index in [1.165, 1.54) is 32.5 Å². The number of carbonyl (C=O) groups excluding carboxylic acids is 3. The SMILES string of the molecule is CC(=O)O[C@@H]1[C@@H](OC(C)=O)[C@@H](Oc2cncc(-c3ccc(OC(C)C)cc3)c2)SC[C@H]1OC(C)=O. The third-order valence-electron chi connectivity index (χ3n) is 4.83. The molecule has 0 aliphatic carbocycles. The van der Waals surface area contributed by atoms with E-state index in [-0.39, 0.29) is 11.9 Å². The van der Waals surface area contributed by atoms with Gasteiger partial charge in [0.2, 0.25) is 0 Å². The van der Waals surface area contributed by atoms with Gasteiger partial charge >= 0.3 is 17.9 Å². The Balaban J connectivity index is 1.82. The van der Waals surface area contributed by atoms with Gasteiger partial charge in [0.05, 0.1) is 12.3 Å². The van der Waals surface area contributed by atoms with E-state index in [4.69, 9.17) is 23.7 Å². The van der Waals surface area contributed by atoms with E-state index in [9.17, 15) is 14.4 Å². The van der Waals surface area contributed by atoms with E-state index in [0.717, 1.165) is 16.9 Å². The van der Waals surface area contributed by atoms with Gasteiger partial charge in [-0.25, -0.2) is 0 Å². The summed E-state index contributed by atoms with van der Waals surface area (Å²) in [5, 5.41) is 0. The van der Waals surface area contributed by atoms with Crippen LogP contribution in [0.15, 0.2) is 42.7 Å². The second-order valence-electron chi connectivity index (χ2n) is 8.22. The number of thioether (sulfide) groups is 1. The van der Waals surface area contributed by atoms with E-state index >= 15 is 0 Å². The minimum Gasteiger partial charge on any atom is -0.491 e. The molecule has 1 saturated heterocycles. The Kier molecular flexibility index (Phi) is 8.97. The molecule has 1 aliphatic heterocycles. The molecule has 0 radical (unpaired) electrons. The minimum absolute atomic E-state index is 0.0775. The highest BCUT2D eigenvalue weighted by molar-refractivity contribution is 7.99. The lowest BCUT2D eigenvalue weighted by molar-refractivity contribution is -0.186. The normalized spacial score (nSPS) is 21.7. The second kappa shape index (κ2) is 11.9.